The van der Waals surface area contributed by atoms with Crippen molar-refractivity contribution in [2.75, 3.05) is 0 Å². The van der Waals surface area contributed by atoms with E-state index >= 15 is 0 Å². The van der Waals surface area contributed by atoms with Gasteiger partial charge in [0.05, 0.1) is 12.3 Å². The Morgan fingerprint density at radius 2 is 2.10 bits per heavy atom. The lowest BCUT2D eigenvalue weighted by atomic mass is 10.2. The first-order valence-corrected chi connectivity index (χ1v) is 6.52. The maximum absolute atomic E-state index is 12.2. The molecule has 0 fully saturated rings. The lowest BCUT2D eigenvalue weighted by Crippen LogP contribution is -2.24. The first kappa shape index (κ1) is 13.3. The maximum Gasteiger partial charge on any atom is 0.280 e. The minimum absolute atomic E-state index is 0.304. The Balaban J connectivity index is 1.71. The second kappa shape index (κ2) is 5.72. The number of amides is 1. The standard InChI is InChI=1S/C15H14N4O2/c1-11-13(14-16-8-5-9-19(14)17-11)15(20)18-21-10-12-6-3-2-4-7-12/h2-9H,10H2,1H3,(H,18,20). The van der Waals surface area contributed by atoms with Crippen molar-refractivity contribution in [2.24, 2.45) is 0 Å². The molecule has 3 aromatic rings. The van der Waals surface area contributed by atoms with Crippen molar-refractivity contribution >= 4 is 11.6 Å². The largest absolute Gasteiger partial charge is 0.280 e. The van der Waals surface area contributed by atoms with E-state index in [4.69, 9.17) is 4.84 Å². The predicted molar refractivity (Wildman–Crippen MR) is 76.4 cm³/mol. The number of fused-ring (bicyclic) bond motifs is 1. The summed E-state index contributed by atoms with van der Waals surface area (Å²) in [6.45, 7) is 2.07. The zero-order chi connectivity index (χ0) is 14.7. The highest BCUT2D eigenvalue weighted by atomic mass is 16.6. The molecule has 0 saturated heterocycles. The first-order valence-electron chi connectivity index (χ1n) is 6.52. The van der Waals surface area contributed by atoms with Crippen LogP contribution in [0.15, 0.2) is 48.8 Å². The van der Waals surface area contributed by atoms with Gasteiger partial charge >= 0.3 is 0 Å². The third-order valence-corrected chi connectivity index (χ3v) is 3.04. The number of aryl methyl sites for hydroxylation is 1. The number of rotatable bonds is 4. The van der Waals surface area contributed by atoms with E-state index in [-0.39, 0.29) is 5.91 Å². The van der Waals surface area contributed by atoms with E-state index in [1.807, 2.05) is 30.3 Å². The van der Waals surface area contributed by atoms with Gasteiger partial charge in [-0.05, 0) is 18.6 Å². The van der Waals surface area contributed by atoms with E-state index in [1.165, 1.54) is 0 Å². The van der Waals surface area contributed by atoms with Gasteiger partial charge in [-0.15, -0.1) is 0 Å². The summed E-state index contributed by atoms with van der Waals surface area (Å²) in [6, 6.07) is 11.4. The molecule has 6 nitrogen and oxygen atoms in total. The summed E-state index contributed by atoms with van der Waals surface area (Å²) < 4.78 is 1.57. The van der Waals surface area contributed by atoms with Gasteiger partial charge in [0, 0.05) is 12.4 Å². The number of aromatic nitrogens is 3. The second-order valence-corrected chi connectivity index (χ2v) is 4.55. The minimum atomic E-state index is -0.350. The van der Waals surface area contributed by atoms with Crippen molar-refractivity contribution in [3.05, 3.63) is 65.6 Å². The molecule has 1 N–H and O–H groups in total. The van der Waals surface area contributed by atoms with Crippen LogP contribution in [0.1, 0.15) is 21.6 Å². The summed E-state index contributed by atoms with van der Waals surface area (Å²) in [5.41, 5.74) is 4.95. The fourth-order valence-electron chi connectivity index (χ4n) is 2.07. The number of benzene rings is 1. The van der Waals surface area contributed by atoms with E-state index < -0.39 is 0 Å². The highest BCUT2D eigenvalue weighted by molar-refractivity contribution is 6.00. The van der Waals surface area contributed by atoms with E-state index in [1.54, 1.807) is 29.9 Å². The average molecular weight is 282 g/mol. The number of carbonyl (C=O) groups is 1. The second-order valence-electron chi connectivity index (χ2n) is 4.55. The van der Waals surface area contributed by atoms with E-state index in [2.05, 4.69) is 15.6 Å². The summed E-state index contributed by atoms with van der Waals surface area (Å²) in [5.74, 6) is -0.350. The van der Waals surface area contributed by atoms with Gasteiger partial charge in [0.25, 0.3) is 5.91 Å². The van der Waals surface area contributed by atoms with Gasteiger partial charge in [-0.1, -0.05) is 30.3 Å². The highest BCUT2D eigenvalue weighted by Crippen LogP contribution is 2.12. The summed E-state index contributed by atoms with van der Waals surface area (Å²) >= 11 is 0. The third-order valence-electron chi connectivity index (χ3n) is 3.04. The molecule has 3 rings (SSSR count). The molecule has 0 aliphatic rings. The Hall–Kier alpha value is -2.73. The van der Waals surface area contributed by atoms with Crippen molar-refractivity contribution in [3.63, 3.8) is 0 Å². The molecule has 6 heteroatoms. The van der Waals surface area contributed by atoms with Crippen molar-refractivity contribution < 1.29 is 9.63 Å². The van der Waals surface area contributed by atoms with Crippen molar-refractivity contribution in [2.45, 2.75) is 13.5 Å². The van der Waals surface area contributed by atoms with Crippen LogP contribution in [0.2, 0.25) is 0 Å². The van der Waals surface area contributed by atoms with Crippen LogP contribution in [0.4, 0.5) is 0 Å². The molecule has 0 bridgehead atoms. The number of carbonyl (C=O) groups excluding carboxylic acids is 1. The van der Waals surface area contributed by atoms with Crippen LogP contribution in [0.25, 0.3) is 5.65 Å². The molecule has 1 amide bonds. The van der Waals surface area contributed by atoms with Gasteiger partial charge in [0.2, 0.25) is 0 Å². The molecule has 0 spiro atoms. The summed E-state index contributed by atoms with van der Waals surface area (Å²) in [4.78, 5) is 21.6. The molecule has 21 heavy (non-hydrogen) atoms. The zero-order valence-corrected chi connectivity index (χ0v) is 11.5. The van der Waals surface area contributed by atoms with Gasteiger partial charge in [-0.3, -0.25) is 9.63 Å². The molecule has 0 aliphatic heterocycles. The van der Waals surface area contributed by atoms with Crippen LogP contribution in [0, 0.1) is 6.92 Å². The van der Waals surface area contributed by atoms with Gasteiger partial charge in [0.15, 0.2) is 5.65 Å². The number of hydrogen-bond donors (Lipinski definition) is 1. The van der Waals surface area contributed by atoms with Gasteiger partial charge in [0.1, 0.15) is 5.56 Å². The molecule has 0 aliphatic carbocycles. The molecule has 0 atom stereocenters. The van der Waals surface area contributed by atoms with Crippen LogP contribution in [-0.2, 0) is 11.4 Å². The Morgan fingerprint density at radius 1 is 1.29 bits per heavy atom. The smallest absolute Gasteiger partial charge is 0.269 e. The molecule has 0 radical (unpaired) electrons. The van der Waals surface area contributed by atoms with Gasteiger partial charge in [-0.25, -0.2) is 15.0 Å². The van der Waals surface area contributed by atoms with E-state index in [9.17, 15) is 4.79 Å². The van der Waals surface area contributed by atoms with Gasteiger partial charge in [-0.2, -0.15) is 5.10 Å². The Morgan fingerprint density at radius 3 is 2.90 bits per heavy atom. The fourth-order valence-corrected chi connectivity index (χ4v) is 2.07. The molecule has 0 saturated carbocycles. The van der Waals surface area contributed by atoms with Crippen LogP contribution in [-0.4, -0.2) is 20.5 Å². The van der Waals surface area contributed by atoms with Crippen LogP contribution in [0.3, 0.4) is 0 Å². The van der Waals surface area contributed by atoms with E-state index in [0.29, 0.717) is 23.5 Å². The molecule has 0 unspecified atom stereocenters. The Labute approximate surface area is 121 Å². The molecule has 106 valence electrons. The van der Waals surface area contributed by atoms with Gasteiger partial charge < -0.3 is 0 Å². The van der Waals surface area contributed by atoms with Crippen molar-refractivity contribution in [1.82, 2.24) is 20.1 Å². The SMILES string of the molecule is Cc1nn2cccnc2c1C(=O)NOCc1ccccc1. The Kier molecular flexibility index (Phi) is 3.61. The lowest BCUT2D eigenvalue weighted by molar-refractivity contribution is 0.0234. The monoisotopic (exact) mass is 282 g/mol. The topological polar surface area (TPSA) is 68.5 Å². The number of hydroxylamine groups is 1. The number of hydrogen-bond acceptors (Lipinski definition) is 4. The molecular formula is C15H14N4O2. The molecular weight excluding hydrogens is 268 g/mol. The van der Waals surface area contributed by atoms with Crippen LogP contribution < -0.4 is 5.48 Å². The zero-order valence-electron chi connectivity index (χ0n) is 11.5. The lowest BCUT2D eigenvalue weighted by Gasteiger charge is -2.05. The van der Waals surface area contributed by atoms with Crippen LogP contribution in [0.5, 0.6) is 0 Å². The maximum atomic E-state index is 12.2. The highest BCUT2D eigenvalue weighted by Gasteiger charge is 2.17. The van der Waals surface area contributed by atoms with E-state index in [0.717, 1.165) is 5.56 Å². The Bertz CT molecular complexity index is 768. The predicted octanol–water partition coefficient (Wildman–Crippen LogP) is 1.90. The fraction of sp³-hybridized carbons (Fsp3) is 0.133. The molecule has 2 heterocycles. The number of nitrogens with one attached hydrogen (secondary N) is 1. The quantitative estimate of drug-likeness (QED) is 0.742. The van der Waals surface area contributed by atoms with Crippen molar-refractivity contribution in [3.8, 4) is 0 Å². The summed E-state index contributed by atoms with van der Waals surface area (Å²) in [5, 5.41) is 4.24. The normalized spacial score (nSPS) is 10.7. The summed E-state index contributed by atoms with van der Waals surface area (Å²) in [6.07, 6.45) is 3.37. The van der Waals surface area contributed by atoms with Crippen molar-refractivity contribution in [1.29, 1.82) is 0 Å². The molecule has 1 aromatic carbocycles. The number of nitrogens with zero attached hydrogens (tertiary/aromatic N) is 3. The summed E-state index contributed by atoms with van der Waals surface area (Å²) in [7, 11) is 0. The first-order chi connectivity index (χ1) is 10.3. The third kappa shape index (κ3) is 2.75. The average Bonchev–Trinajstić information content (AvgIpc) is 2.84. The van der Waals surface area contributed by atoms with Crippen LogP contribution >= 0.6 is 0 Å². The molecule has 2 aromatic heterocycles. The minimum Gasteiger partial charge on any atom is -0.269 e.